The molecule has 1 heterocycles. The summed E-state index contributed by atoms with van der Waals surface area (Å²) in [6.07, 6.45) is 2.30. The van der Waals surface area contributed by atoms with Crippen LogP contribution in [0.15, 0.2) is 12.3 Å². The van der Waals surface area contributed by atoms with Crippen LogP contribution in [0.4, 0.5) is 5.69 Å². The maximum Gasteiger partial charge on any atom is 0.255 e. The number of halogens is 1. The minimum absolute atomic E-state index is 0.0695. The Bertz CT molecular complexity index is 479. The van der Waals surface area contributed by atoms with Crippen LogP contribution < -0.4 is 10.6 Å². The molecule has 5 nitrogen and oxygen atoms in total. The van der Waals surface area contributed by atoms with E-state index in [0.29, 0.717) is 16.4 Å². The van der Waals surface area contributed by atoms with Crippen LogP contribution in [0.2, 0.25) is 5.15 Å². The first kappa shape index (κ1) is 14.1. The normalized spacial score (nSPS) is 21.3. The maximum atomic E-state index is 12.2. The summed E-state index contributed by atoms with van der Waals surface area (Å²) in [7, 11) is 0. The summed E-state index contributed by atoms with van der Waals surface area (Å²) in [6, 6.07) is 1.91. The summed E-state index contributed by atoms with van der Waals surface area (Å²) >= 11 is 5.85. The predicted octanol–water partition coefficient (Wildman–Crippen LogP) is 1.67. The second-order valence-corrected chi connectivity index (χ2v) is 5.50. The van der Waals surface area contributed by atoms with Crippen molar-refractivity contribution in [1.82, 2.24) is 10.3 Å². The van der Waals surface area contributed by atoms with Crippen LogP contribution in [0, 0.1) is 5.92 Å². The highest BCUT2D eigenvalue weighted by Crippen LogP contribution is 2.30. The van der Waals surface area contributed by atoms with Crippen molar-refractivity contribution >= 4 is 23.2 Å². The average molecular weight is 284 g/mol. The van der Waals surface area contributed by atoms with Gasteiger partial charge in [-0.25, -0.2) is 4.98 Å². The van der Waals surface area contributed by atoms with E-state index >= 15 is 0 Å². The Morgan fingerprint density at radius 2 is 2.37 bits per heavy atom. The molecule has 1 aliphatic carbocycles. The number of hydrogen-bond donors (Lipinski definition) is 3. The van der Waals surface area contributed by atoms with Crippen molar-refractivity contribution in [2.45, 2.75) is 32.4 Å². The van der Waals surface area contributed by atoms with Gasteiger partial charge in [0.05, 0.1) is 11.3 Å². The van der Waals surface area contributed by atoms with E-state index in [9.17, 15) is 4.79 Å². The van der Waals surface area contributed by atoms with E-state index in [-0.39, 0.29) is 30.5 Å². The van der Waals surface area contributed by atoms with Crippen LogP contribution in [0.25, 0.3) is 0 Å². The van der Waals surface area contributed by atoms with Gasteiger partial charge in [0.25, 0.3) is 5.91 Å². The van der Waals surface area contributed by atoms with Gasteiger partial charge in [0.2, 0.25) is 0 Å². The zero-order valence-electron chi connectivity index (χ0n) is 11.0. The Kier molecular flexibility index (Phi) is 4.27. The van der Waals surface area contributed by atoms with Crippen LogP contribution in [-0.4, -0.2) is 34.7 Å². The van der Waals surface area contributed by atoms with Gasteiger partial charge in [-0.2, -0.15) is 0 Å². The molecular formula is C13H18ClN3O2. The average Bonchev–Trinajstić information content (AvgIpc) is 3.06. The Hall–Kier alpha value is -1.33. The number of pyridine rings is 1. The number of aliphatic hydroxyl groups excluding tert-OH is 1. The van der Waals surface area contributed by atoms with E-state index in [1.54, 1.807) is 6.07 Å². The lowest BCUT2D eigenvalue weighted by atomic mass is 10.2. The van der Waals surface area contributed by atoms with Gasteiger partial charge in [-0.05, 0) is 26.3 Å². The summed E-state index contributed by atoms with van der Waals surface area (Å²) in [5, 5.41) is 15.4. The molecular weight excluding hydrogens is 266 g/mol. The molecule has 1 fully saturated rings. The van der Waals surface area contributed by atoms with Crippen LogP contribution in [0.5, 0.6) is 0 Å². The van der Waals surface area contributed by atoms with Crippen LogP contribution in [0.3, 0.4) is 0 Å². The third-order valence-corrected chi connectivity index (χ3v) is 3.24. The highest BCUT2D eigenvalue weighted by atomic mass is 35.5. The topological polar surface area (TPSA) is 74.2 Å². The predicted molar refractivity (Wildman–Crippen MR) is 74.5 cm³/mol. The van der Waals surface area contributed by atoms with E-state index in [0.717, 1.165) is 6.42 Å². The molecule has 1 aromatic heterocycles. The monoisotopic (exact) mass is 283 g/mol. The van der Waals surface area contributed by atoms with Gasteiger partial charge in [-0.1, -0.05) is 11.6 Å². The molecule has 1 aliphatic rings. The SMILES string of the molecule is CC(C)Nc1cc(Cl)ncc1C(=O)NC1CC1CO. The third-order valence-electron chi connectivity index (χ3n) is 3.03. The van der Waals surface area contributed by atoms with Crippen molar-refractivity contribution in [3.05, 3.63) is 23.0 Å². The molecule has 0 saturated heterocycles. The number of carbonyl (C=O) groups excluding carboxylic acids is 1. The lowest BCUT2D eigenvalue weighted by molar-refractivity contribution is 0.0948. The number of hydrogen-bond acceptors (Lipinski definition) is 4. The number of nitrogens with zero attached hydrogens (tertiary/aromatic N) is 1. The second-order valence-electron chi connectivity index (χ2n) is 5.11. The molecule has 2 rings (SSSR count). The quantitative estimate of drug-likeness (QED) is 0.719. The maximum absolute atomic E-state index is 12.2. The number of aromatic nitrogens is 1. The number of nitrogens with one attached hydrogen (secondary N) is 2. The molecule has 1 aromatic rings. The van der Waals surface area contributed by atoms with Crippen molar-refractivity contribution in [3.63, 3.8) is 0 Å². The number of anilines is 1. The smallest absolute Gasteiger partial charge is 0.255 e. The molecule has 0 aliphatic heterocycles. The zero-order chi connectivity index (χ0) is 14.0. The van der Waals surface area contributed by atoms with E-state index in [4.69, 9.17) is 16.7 Å². The third kappa shape index (κ3) is 3.58. The molecule has 0 spiro atoms. The molecule has 1 saturated carbocycles. The lowest BCUT2D eigenvalue weighted by Gasteiger charge is -2.14. The molecule has 0 radical (unpaired) electrons. The van der Waals surface area contributed by atoms with Crippen molar-refractivity contribution in [3.8, 4) is 0 Å². The summed E-state index contributed by atoms with van der Waals surface area (Å²) in [5.41, 5.74) is 1.15. The minimum atomic E-state index is -0.187. The van der Waals surface area contributed by atoms with Crippen LogP contribution >= 0.6 is 11.6 Å². The fraction of sp³-hybridized carbons (Fsp3) is 0.538. The molecule has 1 amide bonds. The van der Waals surface area contributed by atoms with Crippen molar-refractivity contribution in [2.75, 3.05) is 11.9 Å². The number of rotatable bonds is 5. The Labute approximate surface area is 117 Å². The summed E-state index contributed by atoms with van der Waals surface area (Å²) in [4.78, 5) is 16.1. The van der Waals surface area contributed by atoms with Gasteiger partial charge in [0.15, 0.2) is 0 Å². The Balaban J connectivity index is 2.11. The van der Waals surface area contributed by atoms with Gasteiger partial charge < -0.3 is 15.7 Å². The standard InChI is InChI=1S/C13H18ClN3O2/c1-7(2)16-11-4-12(14)15-5-9(11)13(19)17-10-3-8(10)6-18/h4-5,7-8,10,18H,3,6H2,1-2H3,(H,15,16)(H,17,19). The highest BCUT2D eigenvalue weighted by molar-refractivity contribution is 6.29. The fourth-order valence-electron chi connectivity index (χ4n) is 1.91. The van der Waals surface area contributed by atoms with Crippen molar-refractivity contribution < 1.29 is 9.90 Å². The first-order valence-corrected chi connectivity index (χ1v) is 6.73. The van der Waals surface area contributed by atoms with Crippen molar-refractivity contribution in [2.24, 2.45) is 5.92 Å². The van der Waals surface area contributed by atoms with Gasteiger partial charge >= 0.3 is 0 Å². The number of aliphatic hydroxyl groups is 1. The lowest BCUT2D eigenvalue weighted by Crippen LogP contribution is -2.28. The van der Waals surface area contributed by atoms with Gasteiger partial charge in [-0.15, -0.1) is 0 Å². The van der Waals surface area contributed by atoms with Gasteiger partial charge in [0.1, 0.15) is 5.15 Å². The molecule has 6 heteroatoms. The van der Waals surface area contributed by atoms with Crippen LogP contribution in [0.1, 0.15) is 30.6 Å². The minimum Gasteiger partial charge on any atom is -0.396 e. The first-order valence-electron chi connectivity index (χ1n) is 6.35. The number of amides is 1. The van der Waals surface area contributed by atoms with E-state index in [1.165, 1.54) is 6.20 Å². The molecule has 2 unspecified atom stereocenters. The molecule has 19 heavy (non-hydrogen) atoms. The summed E-state index contributed by atoms with van der Waals surface area (Å²) in [5.74, 6) is -0.000941. The molecule has 0 bridgehead atoms. The highest BCUT2D eigenvalue weighted by Gasteiger charge is 2.38. The van der Waals surface area contributed by atoms with E-state index in [1.807, 2.05) is 13.8 Å². The number of carbonyl (C=O) groups is 1. The summed E-state index contributed by atoms with van der Waals surface area (Å²) < 4.78 is 0. The molecule has 0 aromatic carbocycles. The zero-order valence-corrected chi connectivity index (χ0v) is 11.7. The molecule has 104 valence electrons. The Morgan fingerprint density at radius 3 is 2.95 bits per heavy atom. The molecule has 3 N–H and O–H groups in total. The van der Waals surface area contributed by atoms with E-state index < -0.39 is 0 Å². The largest absolute Gasteiger partial charge is 0.396 e. The first-order chi connectivity index (χ1) is 9.01. The van der Waals surface area contributed by atoms with Gasteiger partial charge in [-0.3, -0.25) is 4.79 Å². The van der Waals surface area contributed by atoms with Crippen molar-refractivity contribution in [1.29, 1.82) is 0 Å². The van der Waals surface area contributed by atoms with Gasteiger partial charge in [0, 0.05) is 30.8 Å². The van der Waals surface area contributed by atoms with E-state index in [2.05, 4.69) is 15.6 Å². The molecule has 2 atom stereocenters. The Morgan fingerprint density at radius 1 is 1.63 bits per heavy atom. The summed E-state index contributed by atoms with van der Waals surface area (Å²) in [6.45, 7) is 4.08. The second kappa shape index (κ2) is 5.75. The fourth-order valence-corrected chi connectivity index (χ4v) is 2.07. The van der Waals surface area contributed by atoms with Crippen LogP contribution in [-0.2, 0) is 0 Å².